The minimum absolute atomic E-state index is 0.113. The molecule has 0 aliphatic carbocycles. The predicted octanol–water partition coefficient (Wildman–Crippen LogP) is 4.56. The highest BCUT2D eigenvalue weighted by Crippen LogP contribution is 2.27. The number of methoxy groups -OCH3 is 1. The molecule has 0 unspecified atom stereocenters. The van der Waals surface area contributed by atoms with Crippen LogP contribution in [0.4, 0.5) is 0 Å². The number of benzene rings is 1. The molecule has 0 atom stereocenters. The molecule has 0 fully saturated rings. The van der Waals surface area contributed by atoms with Gasteiger partial charge in [0.15, 0.2) is 11.4 Å². The molecule has 7 heteroatoms. The molecule has 0 saturated carbocycles. The van der Waals surface area contributed by atoms with Crippen LogP contribution in [0, 0.1) is 6.92 Å². The Kier molecular flexibility index (Phi) is 5.75. The van der Waals surface area contributed by atoms with Crippen LogP contribution in [0.25, 0.3) is 22.5 Å². The molecule has 3 heterocycles. The Morgan fingerprint density at radius 1 is 1.26 bits per heavy atom. The molecular formula is C24H26N4O3. The molecule has 1 N–H and O–H groups in total. The van der Waals surface area contributed by atoms with Gasteiger partial charge in [0.25, 0.3) is 5.91 Å². The van der Waals surface area contributed by atoms with E-state index in [1.165, 1.54) is 0 Å². The summed E-state index contributed by atoms with van der Waals surface area (Å²) < 4.78 is 12.8. The Balaban J connectivity index is 1.62. The first-order valence-electron chi connectivity index (χ1n) is 10.3. The molecule has 160 valence electrons. The number of pyridine rings is 1. The van der Waals surface area contributed by atoms with Crippen molar-refractivity contribution in [2.45, 2.75) is 33.2 Å². The lowest BCUT2D eigenvalue weighted by Gasteiger charge is -2.12. The van der Waals surface area contributed by atoms with E-state index in [4.69, 9.17) is 14.1 Å². The molecule has 0 radical (unpaired) electrons. The Morgan fingerprint density at radius 2 is 2.10 bits per heavy atom. The fourth-order valence-electron chi connectivity index (χ4n) is 3.64. The van der Waals surface area contributed by atoms with Crippen LogP contribution in [0.3, 0.4) is 0 Å². The first-order valence-corrected chi connectivity index (χ1v) is 10.3. The molecule has 4 aromatic rings. The third-order valence-corrected chi connectivity index (χ3v) is 5.19. The molecule has 31 heavy (non-hydrogen) atoms. The quantitative estimate of drug-likeness (QED) is 0.476. The van der Waals surface area contributed by atoms with Gasteiger partial charge in [0.1, 0.15) is 11.4 Å². The van der Waals surface area contributed by atoms with Gasteiger partial charge in [0, 0.05) is 12.6 Å². The van der Waals surface area contributed by atoms with Gasteiger partial charge >= 0.3 is 0 Å². The molecule has 4 rings (SSSR count). The van der Waals surface area contributed by atoms with E-state index in [9.17, 15) is 4.79 Å². The number of aromatic nitrogens is 3. The van der Waals surface area contributed by atoms with Gasteiger partial charge in [0.05, 0.1) is 30.5 Å². The third-order valence-electron chi connectivity index (χ3n) is 5.19. The van der Waals surface area contributed by atoms with Crippen LogP contribution in [0.5, 0.6) is 5.75 Å². The van der Waals surface area contributed by atoms with Gasteiger partial charge in [-0.15, -0.1) is 0 Å². The smallest absolute Gasteiger partial charge is 0.252 e. The van der Waals surface area contributed by atoms with Crippen molar-refractivity contribution >= 4 is 16.9 Å². The first kappa shape index (κ1) is 20.7. The second-order valence-corrected chi connectivity index (χ2v) is 7.77. The standard InChI is InChI=1S/C24H26N4O3/c1-15(2)28-23-19(14-26-28)18(13-20(27-23)22-6-5-11-31-22)24(29)25-10-9-17-12-16(3)7-8-21(17)30-4/h5-8,11-15H,9-10H2,1-4H3,(H,25,29). The van der Waals surface area contributed by atoms with Crippen LogP contribution >= 0.6 is 0 Å². The Bertz CT molecular complexity index is 1210. The molecule has 0 spiro atoms. The molecule has 1 amide bonds. The fraction of sp³-hybridized carbons (Fsp3) is 0.292. The van der Waals surface area contributed by atoms with Crippen LogP contribution in [0.15, 0.2) is 53.3 Å². The van der Waals surface area contributed by atoms with E-state index in [-0.39, 0.29) is 11.9 Å². The lowest BCUT2D eigenvalue weighted by molar-refractivity contribution is 0.0955. The normalized spacial score (nSPS) is 11.3. The summed E-state index contributed by atoms with van der Waals surface area (Å²) in [6, 6.07) is 11.5. The third kappa shape index (κ3) is 4.17. The molecule has 0 bridgehead atoms. The van der Waals surface area contributed by atoms with Crippen LogP contribution in [-0.2, 0) is 6.42 Å². The number of hydrogen-bond donors (Lipinski definition) is 1. The topological polar surface area (TPSA) is 82.2 Å². The number of hydrogen-bond acceptors (Lipinski definition) is 5. The molecule has 1 aromatic carbocycles. The largest absolute Gasteiger partial charge is 0.496 e. The fourth-order valence-corrected chi connectivity index (χ4v) is 3.64. The summed E-state index contributed by atoms with van der Waals surface area (Å²) in [6.07, 6.45) is 3.96. The Hall–Kier alpha value is -3.61. The SMILES string of the molecule is COc1ccc(C)cc1CCNC(=O)c1cc(-c2ccco2)nc2c1cnn2C(C)C. The van der Waals surface area contributed by atoms with E-state index in [0.29, 0.717) is 35.6 Å². The lowest BCUT2D eigenvalue weighted by atomic mass is 10.1. The number of ether oxygens (including phenoxy) is 1. The van der Waals surface area contributed by atoms with Crippen molar-refractivity contribution < 1.29 is 13.9 Å². The van der Waals surface area contributed by atoms with Gasteiger partial charge in [-0.2, -0.15) is 5.10 Å². The number of carbonyl (C=O) groups is 1. The number of nitrogens with one attached hydrogen (secondary N) is 1. The summed E-state index contributed by atoms with van der Waals surface area (Å²) in [4.78, 5) is 17.8. The Labute approximate surface area is 181 Å². The summed E-state index contributed by atoms with van der Waals surface area (Å²) in [7, 11) is 1.66. The summed E-state index contributed by atoms with van der Waals surface area (Å²) in [6.45, 7) is 6.58. The minimum Gasteiger partial charge on any atom is -0.496 e. The van der Waals surface area contributed by atoms with E-state index in [1.54, 1.807) is 31.7 Å². The van der Waals surface area contributed by atoms with Crippen molar-refractivity contribution in [3.63, 3.8) is 0 Å². The van der Waals surface area contributed by atoms with Gasteiger partial charge in [-0.1, -0.05) is 17.7 Å². The molecule has 0 aliphatic rings. The number of amides is 1. The van der Waals surface area contributed by atoms with Crippen LogP contribution in [0.1, 0.15) is 41.4 Å². The zero-order valence-corrected chi connectivity index (χ0v) is 18.2. The molecule has 3 aromatic heterocycles. The number of aryl methyl sites for hydroxylation is 1. The average Bonchev–Trinajstić information content (AvgIpc) is 3.43. The van der Waals surface area contributed by atoms with Crippen molar-refractivity contribution in [3.05, 3.63) is 65.5 Å². The van der Waals surface area contributed by atoms with Gasteiger partial charge in [-0.25, -0.2) is 9.67 Å². The van der Waals surface area contributed by atoms with Crippen LogP contribution < -0.4 is 10.1 Å². The lowest BCUT2D eigenvalue weighted by Crippen LogP contribution is -2.26. The highest BCUT2D eigenvalue weighted by atomic mass is 16.5. The highest BCUT2D eigenvalue weighted by molar-refractivity contribution is 6.06. The van der Waals surface area contributed by atoms with E-state index in [2.05, 4.69) is 16.5 Å². The Morgan fingerprint density at radius 3 is 2.81 bits per heavy atom. The van der Waals surface area contributed by atoms with E-state index in [1.807, 2.05) is 43.7 Å². The molecule has 0 aliphatic heterocycles. The van der Waals surface area contributed by atoms with Crippen molar-refractivity contribution in [2.75, 3.05) is 13.7 Å². The summed E-state index contributed by atoms with van der Waals surface area (Å²) in [5, 5.41) is 8.20. The predicted molar refractivity (Wildman–Crippen MR) is 119 cm³/mol. The van der Waals surface area contributed by atoms with Crippen LogP contribution in [-0.4, -0.2) is 34.3 Å². The second kappa shape index (κ2) is 8.63. The maximum absolute atomic E-state index is 13.1. The van der Waals surface area contributed by atoms with Crippen molar-refractivity contribution in [2.24, 2.45) is 0 Å². The minimum atomic E-state index is -0.171. The highest BCUT2D eigenvalue weighted by Gasteiger charge is 2.19. The maximum atomic E-state index is 13.1. The van der Waals surface area contributed by atoms with Crippen LogP contribution in [0.2, 0.25) is 0 Å². The van der Waals surface area contributed by atoms with Gasteiger partial charge in [0.2, 0.25) is 0 Å². The first-order chi connectivity index (χ1) is 15.0. The van der Waals surface area contributed by atoms with Crippen molar-refractivity contribution in [3.8, 4) is 17.2 Å². The zero-order chi connectivity index (χ0) is 22.0. The molecule has 7 nitrogen and oxygen atoms in total. The van der Waals surface area contributed by atoms with Gasteiger partial charge in [-0.05, 0) is 57.0 Å². The number of carbonyl (C=O) groups excluding carboxylic acids is 1. The van der Waals surface area contributed by atoms with E-state index >= 15 is 0 Å². The number of nitrogens with zero attached hydrogens (tertiary/aromatic N) is 3. The van der Waals surface area contributed by atoms with Crippen molar-refractivity contribution in [1.82, 2.24) is 20.1 Å². The van der Waals surface area contributed by atoms with Crippen molar-refractivity contribution in [1.29, 1.82) is 0 Å². The number of fused-ring (bicyclic) bond motifs is 1. The van der Waals surface area contributed by atoms with E-state index < -0.39 is 0 Å². The maximum Gasteiger partial charge on any atom is 0.252 e. The van der Waals surface area contributed by atoms with Gasteiger partial charge in [-0.3, -0.25) is 4.79 Å². The number of rotatable bonds is 7. The summed E-state index contributed by atoms with van der Waals surface area (Å²) in [5.74, 6) is 1.26. The number of furan rings is 1. The zero-order valence-electron chi connectivity index (χ0n) is 18.2. The molecule has 0 saturated heterocycles. The average molecular weight is 418 g/mol. The second-order valence-electron chi connectivity index (χ2n) is 7.77. The monoisotopic (exact) mass is 418 g/mol. The summed E-state index contributed by atoms with van der Waals surface area (Å²) in [5.41, 5.74) is 4.01. The van der Waals surface area contributed by atoms with E-state index in [0.717, 1.165) is 22.3 Å². The molecular weight excluding hydrogens is 392 g/mol. The van der Waals surface area contributed by atoms with Gasteiger partial charge < -0.3 is 14.5 Å². The summed E-state index contributed by atoms with van der Waals surface area (Å²) >= 11 is 0.